The molecule has 0 fully saturated rings. The Labute approximate surface area is 158 Å². The van der Waals surface area contributed by atoms with E-state index in [-0.39, 0.29) is 6.42 Å². The van der Waals surface area contributed by atoms with E-state index in [2.05, 4.69) is 0 Å². The molecule has 0 aromatic heterocycles. The highest BCUT2D eigenvalue weighted by Gasteiger charge is 2.27. The van der Waals surface area contributed by atoms with Crippen LogP contribution < -0.4 is 21.7 Å². The van der Waals surface area contributed by atoms with Crippen LogP contribution in [0.4, 0.5) is 0 Å². The number of hydrogen-bond acceptors (Lipinski definition) is 8. The summed E-state index contributed by atoms with van der Waals surface area (Å²) in [6, 6.07) is -4.49. The predicted molar refractivity (Wildman–Crippen MR) is 88.7 cm³/mol. The highest BCUT2D eigenvalue weighted by Crippen LogP contribution is 1.98. The first-order valence-electron chi connectivity index (χ1n) is 7.88. The van der Waals surface area contributed by atoms with E-state index in [1.807, 2.05) is 16.0 Å². The van der Waals surface area contributed by atoms with Crippen molar-refractivity contribution in [2.45, 2.75) is 37.4 Å². The average molecular weight is 406 g/mol. The maximum Gasteiger partial charge on any atom is 0.326 e. The number of aliphatic hydroxyl groups is 1. The van der Waals surface area contributed by atoms with Gasteiger partial charge in [0.15, 0.2) is 0 Å². The van der Waals surface area contributed by atoms with Crippen molar-refractivity contribution in [3.8, 4) is 0 Å². The second-order valence-electron chi connectivity index (χ2n) is 5.56. The van der Waals surface area contributed by atoms with Gasteiger partial charge in [-0.15, -0.1) is 0 Å². The molecule has 0 spiro atoms. The fourth-order valence-electron chi connectivity index (χ4n) is 1.81. The summed E-state index contributed by atoms with van der Waals surface area (Å²) in [7, 11) is 0. The minimum Gasteiger partial charge on any atom is -0.481 e. The van der Waals surface area contributed by atoms with Gasteiger partial charge in [0.25, 0.3) is 0 Å². The zero-order valence-corrected chi connectivity index (χ0v) is 14.6. The Balaban J connectivity index is 4.78. The minimum atomic E-state index is -1.60. The Kier molecular flexibility index (Phi) is 10.8. The van der Waals surface area contributed by atoms with Gasteiger partial charge in [-0.05, 0) is 6.42 Å². The minimum absolute atomic E-state index is 0.388. The molecular weight excluding hydrogens is 384 g/mol. The molecule has 3 amide bonds. The zero-order chi connectivity index (χ0) is 21.9. The number of aliphatic hydroxyl groups excluding tert-OH is 1. The summed E-state index contributed by atoms with van der Waals surface area (Å²) in [6.07, 6.45) is -1.74. The monoisotopic (exact) mass is 406 g/mol. The molecule has 0 saturated carbocycles. The maximum atomic E-state index is 12.0. The number of carboxylic acids is 3. The van der Waals surface area contributed by atoms with E-state index in [1.54, 1.807) is 0 Å². The van der Waals surface area contributed by atoms with Gasteiger partial charge in [-0.2, -0.15) is 0 Å². The van der Waals surface area contributed by atoms with Crippen LogP contribution in [0, 0.1) is 0 Å². The summed E-state index contributed by atoms with van der Waals surface area (Å²) in [5.41, 5.74) is 5.25. The molecule has 14 heteroatoms. The summed E-state index contributed by atoms with van der Waals surface area (Å²) in [5.74, 6) is -7.21. The predicted octanol–water partition coefficient (Wildman–Crippen LogP) is -4.18. The number of carbonyl (C=O) groups excluding carboxylic acids is 3. The number of aliphatic carboxylic acids is 3. The van der Waals surface area contributed by atoms with Crippen LogP contribution in [-0.4, -0.2) is 87.3 Å². The summed E-state index contributed by atoms with van der Waals surface area (Å²) in [6.45, 7) is -1.50. The van der Waals surface area contributed by atoms with E-state index < -0.39 is 79.7 Å². The Morgan fingerprint density at radius 2 is 1.46 bits per heavy atom. The van der Waals surface area contributed by atoms with Crippen LogP contribution in [0.15, 0.2) is 0 Å². The van der Waals surface area contributed by atoms with Crippen molar-refractivity contribution >= 4 is 35.6 Å². The van der Waals surface area contributed by atoms with Gasteiger partial charge in [-0.1, -0.05) is 0 Å². The largest absolute Gasteiger partial charge is 0.481 e. The molecule has 0 aliphatic heterocycles. The molecule has 0 aromatic rings. The number of hydrogen-bond donors (Lipinski definition) is 8. The second kappa shape index (κ2) is 12.2. The lowest BCUT2D eigenvalue weighted by Gasteiger charge is -2.19. The molecule has 14 nitrogen and oxygen atoms in total. The number of carboxylic acid groups (broad SMARTS) is 3. The van der Waals surface area contributed by atoms with Crippen molar-refractivity contribution < 1.29 is 49.2 Å². The van der Waals surface area contributed by atoms with Gasteiger partial charge in [-0.3, -0.25) is 24.0 Å². The summed E-state index contributed by atoms with van der Waals surface area (Å²) >= 11 is 0. The molecule has 0 rings (SSSR count). The molecule has 0 aliphatic rings. The van der Waals surface area contributed by atoms with Gasteiger partial charge in [0.2, 0.25) is 17.7 Å². The van der Waals surface area contributed by atoms with Crippen LogP contribution in [-0.2, 0) is 28.8 Å². The van der Waals surface area contributed by atoms with E-state index in [0.717, 1.165) is 0 Å². The lowest BCUT2D eigenvalue weighted by Crippen LogP contribution is -2.54. The first-order valence-corrected chi connectivity index (χ1v) is 7.88. The molecule has 0 aromatic carbocycles. The van der Waals surface area contributed by atoms with Crippen molar-refractivity contribution in [2.75, 3.05) is 13.2 Å². The Bertz CT molecular complexity index is 623. The van der Waals surface area contributed by atoms with Gasteiger partial charge in [0.05, 0.1) is 19.6 Å². The highest BCUT2D eigenvalue weighted by molar-refractivity contribution is 5.94. The Morgan fingerprint density at radius 1 is 0.857 bits per heavy atom. The average Bonchev–Trinajstić information content (AvgIpc) is 2.60. The summed E-state index contributed by atoms with van der Waals surface area (Å²) in [4.78, 5) is 67.6. The molecule has 9 N–H and O–H groups in total. The standard InChI is InChI=1S/C14H22N4O10/c15-6(5-19)12(25)18-8(3-11(23)24)13(26)16-4-9(20)17-7(14(27)28)1-2-10(21)22/h6-8,19H,1-5,15H2,(H,16,26)(H,17,20)(H,18,25)(H,21,22)(H,23,24)(H,27,28). The number of rotatable bonds is 13. The summed E-state index contributed by atoms with van der Waals surface area (Å²) in [5, 5.41) is 41.1. The molecule has 3 atom stereocenters. The van der Waals surface area contributed by atoms with Gasteiger partial charge in [-0.25, -0.2) is 4.79 Å². The van der Waals surface area contributed by atoms with E-state index >= 15 is 0 Å². The van der Waals surface area contributed by atoms with Crippen molar-refractivity contribution in [3.63, 3.8) is 0 Å². The first kappa shape index (κ1) is 24.7. The second-order valence-corrected chi connectivity index (χ2v) is 5.56. The normalized spacial score (nSPS) is 13.5. The van der Waals surface area contributed by atoms with Gasteiger partial charge in [0.1, 0.15) is 18.1 Å². The molecule has 3 unspecified atom stereocenters. The molecule has 28 heavy (non-hydrogen) atoms. The van der Waals surface area contributed by atoms with Crippen LogP contribution in [0.3, 0.4) is 0 Å². The van der Waals surface area contributed by atoms with Crippen molar-refractivity contribution in [3.05, 3.63) is 0 Å². The molecule has 0 aliphatic carbocycles. The third-order valence-electron chi connectivity index (χ3n) is 3.25. The van der Waals surface area contributed by atoms with Crippen LogP contribution in [0.5, 0.6) is 0 Å². The van der Waals surface area contributed by atoms with E-state index in [9.17, 15) is 28.8 Å². The lowest BCUT2D eigenvalue weighted by atomic mass is 10.1. The van der Waals surface area contributed by atoms with Gasteiger partial charge < -0.3 is 42.1 Å². The van der Waals surface area contributed by atoms with Crippen LogP contribution in [0.2, 0.25) is 0 Å². The molecule has 158 valence electrons. The topological polar surface area (TPSA) is 245 Å². The quantitative estimate of drug-likeness (QED) is 0.146. The Morgan fingerprint density at radius 3 is 1.93 bits per heavy atom. The van der Waals surface area contributed by atoms with Crippen molar-refractivity contribution in [1.29, 1.82) is 0 Å². The van der Waals surface area contributed by atoms with E-state index in [1.165, 1.54) is 0 Å². The number of nitrogens with two attached hydrogens (primary N) is 1. The Hall–Kier alpha value is -3.26. The molecular formula is C14H22N4O10. The molecule has 0 saturated heterocycles. The highest BCUT2D eigenvalue weighted by atomic mass is 16.4. The van der Waals surface area contributed by atoms with Crippen molar-refractivity contribution in [1.82, 2.24) is 16.0 Å². The number of carbonyl (C=O) groups is 6. The van der Waals surface area contributed by atoms with Gasteiger partial charge >= 0.3 is 17.9 Å². The van der Waals surface area contributed by atoms with Crippen LogP contribution >= 0.6 is 0 Å². The fraction of sp³-hybridized carbons (Fsp3) is 0.571. The smallest absolute Gasteiger partial charge is 0.326 e. The van der Waals surface area contributed by atoms with Crippen LogP contribution in [0.25, 0.3) is 0 Å². The molecule has 0 heterocycles. The maximum absolute atomic E-state index is 12.0. The van der Waals surface area contributed by atoms with Gasteiger partial charge in [0, 0.05) is 6.42 Å². The SMILES string of the molecule is NC(CO)C(=O)NC(CC(=O)O)C(=O)NCC(=O)NC(CCC(=O)O)C(=O)O. The molecule has 0 bridgehead atoms. The lowest BCUT2D eigenvalue weighted by molar-refractivity contribution is -0.143. The van der Waals surface area contributed by atoms with E-state index in [4.69, 9.17) is 26.2 Å². The number of nitrogens with one attached hydrogen (secondary N) is 3. The third kappa shape index (κ3) is 10.0. The fourth-order valence-corrected chi connectivity index (χ4v) is 1.81. The number of amides is 3. The first-order chi connectivity index (χ1) is 13.0. The third-order valence-corrected chi connectivity index (χ3v) is 3.25. The summed E-state index contributed by atoms with van der Waals surface area (Å²) < 4.78 is 0. The molecule has 0 radical (unpaired) electrons. The van der Waals surface area contributed by atoms with E-state index in [0.29, 0.717) is 0 Å². The van der Waals surface area contributed by atoms with Crippen molar-refractivity contribution in [2.24, 2.45) is 5.73 Å². The zero-order valence-electron chi connectivity index (χ0n) is 14.6. The van der Waals surface area contributed by atoms with Crippen LogP contribution in [0.1, 0.15) is 19.3 Å².